The van der Waals surface area contributed by atoms with Gasteiger partial charge in [0.15, 0.2) is 0 Å². The molecule has 1 aliphatic heterocycles. The van der Waals surface area contributed by atoms with E-state index in [-0.39, 0.29) is 5.88 Å². The molecule has 2 heterocycles. The molecule has 5 heteroatoms. The van der Waals surface area contributed by atoms with E-state index in [9.17, 15) is 5.11 Å². The summed E-state index contributed by atoms with van der Waals surface area (Å²) in [5, 5.41) is 12.8. The Labute approximate surface area is 179 Å². The lowest BCUT2D eigenvalue weighted by molar-refractivity contribution is 0.440. The Bertz CT molecular complexity index is 1380. The van der Waals surface area contributed by atoms with Gasteiger partial charge in [-0.15, -0.1) is 0 Å². The monoisotopic (exact) mass is 407 g/mol. The van der Waals surface area contributed by atoms with E-state index in [1.165, 1.54) is 5.56 Å². The number of hydrogen-bond donors (Lipinski definition) is 1. The Hall–Kier alpha value is -4.12. The highest BCUT2D eigenvalue weighted by atomic mass is 16.5. The summed E-state index contributed by atoms with van der Waals surface area (Å²) in [6.07, 6.45) is 3.79. The van der Waals surface area contributed by atoms with E-state index < -0.39 is 0 Å². The largest absolute Gasteiger partial charge is 0.493 e. The Morgan fingerprint density at radius 2 is 1.55 bits per heavy atom. The summed E-state index contributed by atoms with van der Waals surface area (Å²) >= 11 is 0. The van der Waals surface area contributed by atoms with Crippen LogP contribution in [0.15, 0.2) is 83.5 Å². The molecule has 0 saturated carbocycles. The Morgan fingerprint density at radius 1 is 0.871 bits per heavy atom. The van der Waals surface area contributed by atoms with Crippen LogP contribution in [0.3, 0.4) is 0 Å². The summed E-state index contributed by atoms with van der Waals surface area (Å²) < 4.78 is 7.61. The predicted octanol–water partition coefficient (Wildman–Crippen LogP) is 4.44. The maximum absolute atomic E-state index is 10.8. The molecule has 152 valence electrons. The maximum Gasteiger partial charge on any atom is 0.223 e. The zero-order valence-electron chi connectivity index (χ0n) is 17.3. The van der Waals surface area contributed by atoms with Gasteiger partial charge >= 0.3 is 0 Å². The Balaban J connectivity index is 1.42. The molecule has 0 unspecified atom stereocenters. The van der Waals surface area contributed by atoms with Crippen molar-refractivity contribution < 1.29 is 9.84 Å². The molecule has 0 radical (unpaired) electrons. The lowest BCUT2D eigenvalue weighted by Crippen LogP contribution is -2.19. The molecule has 5 rings (SSSR count). The van der Waals surface area contributed by atoms with E-state index in [2.05, 4.69) is 9.98 Å². The van der Waals surface area contributed by atoms with Gasteiger partial charge in [0.2, 0.25) is 5.88 Å². The number of allylic oxidation sites excluding steroid dienone is 1. The highest BCUT2D eigenvalue weighted by molar-refractivity contribution is 5.67. The minimum Gasteiger partial charge on any atom is -0.493 e. The highest BCUT2D eigenvalue weighted by Crippen LogP contribution is 2.29. The molecular weight excluding hydrogens is 386 g/mol. The van der Waals surface area contributed by atoms with Gasteiger partial charge in [-0.05, 0) is 68.5 Å². The van der Waals surface area contributed by atoms with Crippen molar-refractivity contribution in [3.63, 3.8) is 0 Å². The molecule has 0 atom stereocenters. The minimum atomic E-state index is 0.0803. The fourth-order valence-corrected chi connectivity index (χ4v) is 3.61. The molecule has 5 nitrogen and oxygen atoms in total. The maximum atomic E-state index is 10.8. The van der Waals surface area contributed by atoms with Gasteiger partial charge in [0.25, 0.3) is 0 Å². The molecule has 0 amide bonds. The van der Waals surface area contributed by atoms with Crippen LogP contribution in [0.4, 0.5) is 0 Å². The van der Waals surface area contributed by atoms with Crippen LogP contribution in [-0.2, 0) is 0 Å². The van der Waals surface area contributed by atoms with Crippen LogP contribution in [0.2, 0.25) is 0 Å². The number of aromatic hydroxyl groups is 1. The van der Waals surface area contributed by atoms with Crippen LogP contribution in [0.25, 0.3) is 17.8 Å². The summed E-state index contributed by atoms with van der Waals surface area (Å²) in [5.41, 5.74) is 3.24. The molecule has 0 fully saturated rings. The first kappa shape index (κ1) is 18.9. The SMILES string of the molecule is Cc1ccc(Oc2ccc(-n3c(C)nc(/C=C4/C=c5ccccc5=N4)c3O)cc2)cc1. The van der Waals surface area contributed by atoms with Crippen LogP contribution in [0.5, 0.6) is 17.4 Å². The minimum absolute atomic E-state index is 0.0803. The van der Waals surface area contributed by atoms with Gasteiger partial charge in [-0.3, -0.25) is 4.57 Å². The summed E-state index contributed by atoms with van der Waals surface area (Å²) in [5.74, 6) is 2.28. The molecule has 0 saturated heterocycles. The number of fused-ring (bicyclic) bond motifs is 1. The van der Waals surface area contributed by atoms with E-state index >= 15 is 0 Å². The van der Waals surface area contributed by atoms with Crippen LogP contribution >= 0.6 is 0 Å². The number of rotatable bonds is 4. The highest BCUT2D eigenvalue weighted by Gasteiger charge is 2.15. The second kappa shape index (κ2) is 7.61. The van der Waals surface area contributed by atoms with Crippen molar-refractivity contribution in [2.24, 2.45) is 4.99 Å². The van der Waals surface area contributed by atoms with Crippen molar-refractivity contribution >= 4 is 12.2 Å². The molecule has 1 N–H and O–H groups in total. The zero-order chi connectivity index (χ0) is 21.4. The quantitative estimate of drug-likeness (QED) is 0.544. The van der Waals surface area contributed by atoms with Crippen molar-refractivity contribution in [1.82, 2.24) is 9.55 Å². The van der Waals surface area contributed by atoms with E-state index in [1.807, 2.05) is 92.7 Å². The smallest absolute Gasteiger partial charge is 0.223 e. The number of para-hydroxylation sites is 1. The summed E-state index contributed by atoms with van der Waals surface area (Å²) in [6, 6.07) is 23.4. The normalized spacial score (nSPS) is 13.5. The third-order valence-electron chi connectivity index (χ3n) is 5.17. The fourth-order valence-electron chi connectivity index (χ4n) is 3.61. The first-order chi connectivity index (χ1) is 15.1. The number of ether oxygens (including phenoxy) is 1. The molecule has 1 aromatic heterocycles. The third-order valence-corrected chi connectivity index (χ3v) is 5.17. The van der Waals surface area contributed by atoms with Gasteiger partial charge in [0.1, 0.15) is 23.0 Å². The van der Waals surface area contributed by atoms with E-state index in [0.717, 1.165) is 33.5 Å². The third kappa shape index (κ3) is 3.73. The number of benzene rings is 3. The van der Waals surface area contributed by atoms with Gasteiger partial charge in [0.05, 0.1) is 16.7 Å². The van der Waals surface area contributed by atoms with Gasteiger partial charge in [0, 0.05) is 5.22 Å². The molecule has 1 aliphatic rings. The molecule has 0 aliphatic carbocycles. The van der Waals surface area contributed by atoms with Crippen LogP contribution < -0.4 is 15.3 Å². The van der Waals surface area contributed by atoms with Crippen molar-refractivity contribution in [1.29, 1.82) is 0 Å². The number of aromatic nitrogens is 2. The standard InChI is InChI=1S/C26H21N3O2/c1-17-7-11-22(12-8-17)31-23-13-9-21(10-14-23)29-18(2)27-25(26(29)30)16-20-15-19-5-3-4-6-24(19)28-20/h3-16,30H,1-2H3/b20-16-. The number of hydrogen-bond acceptors (Lipinski definition) is 4. The molecule has 0 spiro atoms. The van der Waals surface area contributed by atoms with Crippen molar-refractivity contribution in [3.05, 3.63) is 106 Å². The number of aryl methyl sites for hydroxylation is 2. The average molecular weight is 407 g/mol. The van der Waals surface area contributed by atoms with Crippen molar-refractivity contribution in [2.45, 2.75) is 13.8 Å². The first-order valence-electron chi connectivity index (χ1n) is 10.1. The van der Waals surface area contributed by atoms with Crippen molar-refractivity contribution in [3.8, 4) is 23.1 Å². The lowest BCUT2D eigenvalue weighted by atomic mass is 10.2. The first-order valence-corrected chi connectivity index (χ1v) is 10.1. The van der Waals surface area contributed by atoms with E-state index in [1.54, 1.807) is 10.6 Å². The lowest BCUT2D eigenvalue weighted by Gasteiger charge is -2.09. The number of imidazole rings is 1. The molecule has 3 aromatic carbocycles. The van der Waals surface area contributed by atoms with Crippen molar-refractivity contribution in [2.75, 3.05) is 0 Å². The van der Waals surface area contributed by atoms with E-state index in [4.69, 9.17) is 4.74 Å². The van der Waals surface area contributed by atoms with Gasteiger partial charge in [-0.25, -0.2) is 9.98 Å². The van der Waals surface area contributed by atoms with Gasteiger partial charge in [-0.1, -0.05) is 35.9 Å². The van der Waals surface area contributed by atoms with Crippen LogP contribution in [0.1, 0.15) is 17.1 Å². The second-order valence-electron chi connectivity index (χ2n) is 7.50. The zero-order valence-corrected chi connectivity index (χ0v) is 17.3. The van der Waals surface area contributed by atoms with E-state index in [0.29, 0.717) is 11.5 Å². The second-order valence-corrected chi connectivity index (χ2v) is 7.50. The van der Waals surface area contributed by atoms with Gasteiger partial charge < -0.3 is 9.84 Å². The summed E-state index contributed by atoms with van der Waals surface area (Å²) in [7, 11) is 0. The molecule has 0 bridgehead atoms. The topological polar surface area (TPSA) is 59.6 Å². The summed E-state index contributed by atoms with van der Waals surface area (Å²) in [6.45, 7) is 3.91. The predicted molar refractivity (Wildman–Crippen MR) is 121 cm³/mol. The molecule has 4 aromatic rings. The average Bonchev–Trinajstić information content (AvgIpc) is 3.30. The fraction of sp³-hybridized carbons (Fsp3) is 0.0769. The summed E-state index contributed by atoms with van der Waals surface area (Å²) in [4.78, 5) is 9.12. The number of nitrogens with zero attached hydrogens (tertiary/aromatic N) is 3. The molecular formula is C26H21N3O2. The molecule has 31 heavy (non-hydrogen) atoms. The van der Waals surface area contributed by atoms with Crippen LogP contribution in [0, 0.1) is 13.8 Å². The van der Waals surface area contributed by atoms with Crippen LogP contribution in [-0.4, -0.2) is 14.7 Å². The Kier molecular flexibility index (Phi) is 4.64. The Morgan fingerprint density at radius 3 is 2.26 bits per heavy atom. The van der Waals surface area contributed by atoms with Gasteiger partial charge in [-0.2, -0.15) is 0 Å².